The van der Waals surface area contributed by atoms with E-state index in [0.717, 1.165) is 10.9 Å². The summed E-state index contributed by atoms with van der Waals surface area (Å²) in [5.74, 6) is -0.526. The number of benzene rings is 1. The Morgan fingerprint density at radius 1 is 1.11 bits per heavy atom. The quantitative estimate of drug-likeness (QED) is 0.444. The van der Waals surface area contributed by atoms with Crippen LogP contribution in [0.25, 0.3) is 22.2 Å². The van der Waals surface area contributed by atoms with E-state index in [2.05, 4.69) is 20.5 Å². The van der Waals surface area contributed by atoms with Gasteiger partial charge in [-0.25, -0.2) is 4.98 Å². The molecular formula is C25H26N8O3. The van der Waals surface area contributed by atoms with E-state index in [4.69, 9.17) is 0 Å². The van der Waals surface area contributed by atoms with E-state index in [1.165, 1.54) is 0 Å². The molecule has 36 heavy (non-hydrogen) atoms. The summed E-state index contributed by atoms with van der Waals surface area (Å²) in [6.07, 6.45) is 5.29. The topological polar surface area (TPSA) is 118 Å². The molecule has 0 unspecified atom stereocenters. The van der Waals surface area contributed by atoms with Crippen LogP contribution in [0.4, 0.5) is 5.69 Å². The lowest BCUT2D eigenvalue weighted by Gasteiger charge is -2.33. The fourth-order valence-electron chi connectivity index (χ4n) is 4.20. The van der Waals surface area contributed by atoms with Crippen LogP contribution >= 0.6 is 0 Å². The Hall–Kier alpha value is -4.54. The second-order valence-corrected chi connectivity index (χ2v) is 8.65. The Kier molecular flexibility index (Phi) is 6.19. The zero-order valence-electron chi connectivity index (χ0n) is 20.1. The van der Waals surface area contributed by atoms with Gasteiger partial charge in [0.05, 0.1) is 24.0 Å². The first-order valence-corrected chi connectivity index (χ1v) is 11.7. The van der Waals surface area contributed by atoms with Crippen molar-refractivity contribution in [2.24, 2.45) is 7.05 Å². The number of likely N-dealkylation sites (N-methyl/N-ethyl adjacent to an activating group) is 1. The summed E-state index contributed by atoms with van der Waals surface area (Å²) in [6.45, 7) is 3.78. The number of anilines is 1. The Morgan fingerprint density at radius 2 is 1.97 bits per heavy atom. The Labute approximate surface area is 207 Å². The van der Waals surface area contributed by atoms with Crippen LogP contribution in [0.15, 0.2) is 55.0 Å². The molecule has 3 aromatic heterocycles. The van der Waals surface area contributed by atoms with Crippen molar-refractivity contribution in [3.63, 3.8) is 0 Å². The van der Waals surface area contributed by atoms with Crippen molar-refractivity contribution in [2.75, 3.05) is 31.5 Å². The van der Waals surface area contributed by atoms with Gasteiger partial charge in [0.25, 0.3) is 5.91 Å². The van der Waals surface area contributed by atoms with E-state index < -0.39 is 0 Å². The van der Waals surface area contributed by atoms with Gasteiger partial charge in [-0.2, -0.15) is 10.2 Å². The Morgan fingerprint density at radius 3 is 2.72 bits per heavy atom. The third-order valence-corrected chi connectivity index (χ3v) is 6.14. The summed E-state index contributed by atoms with van der Waals surface area (Å²) in [6, 6.07) is 10.6. The van der Waals surface area contributed by atoms with Crippen molar-refractivity contribution in [1.82, 2.24) is 34.3 Å². The maximum absolute atomic E-state index is 12.8. The van der Waals surface area contributed by atoms with Crippen LogP contribution in [0.2, 0.25) is 0 Å². The molecule has 0 atom stereocenters. The maximum atomic E-state index is 12.8. The highest BCUT2D eigenvalue weighted by Gasteiger charge is 2.26. The van der Waals surface area contributed by atoms with Gasteiger partial charge in [0.2, 0.25) is 11.8 Å². The first-order chi connectivity index (χ1) is 17.4. The summed E-state index contributed by atoms with van der Waals surface area (Å²) in [4.78, 5) is 45.4. The molecule has 1 aliphatic rings. The fourth-order valence-corrected chi connectivity index (χ4v) is 4.20. The van der Waals surface area contributed by atoms with Crippen LogP contribution in [-0.2, 0) is 23.2 Å². The highest BCUT2D eigenvalue weighted by Crippen LogP contribution is 2.20. The predicted octanol–water partition coefficient (Wildman–Crippen LogP) is 1.77. The monoisotopic (exact) mass is 486 g/mol. The minimum Gasteiger partial charge on any atom is -0.340 e. The lowest BCUT2D eigenvalue weighted by atomic mass is 10.2. The Balaban J connectivity index is 1.26. The summed E-state index contributed by atoms with van der Waals surface area (Å²) >= 11 is 0. The first-order valence-electron chi connectivity index (χ1n) is 11.7. The lowest BCUT2D eigenvalue weighted by Crippen LogP contribution is -2.52. The lowest BCUT2D eigenvalue weighted by molar-refractivity contribution is -0.145. The molecule has 1 saturated heterocycles. The highest BCUT2D eigenvalue weighted by molar-refractivity contribution is 6.04. The second kappa shape index (κ2) is 9.61. The minimum atomic E-state index is -0.335. The minimum absolute atomic E-state index is 0.0384. The SMILES string of the molecule is CCN1CCN(C(=O)Cn2cc3cc(NC(=O)c4cccc(-c5cnn(C)c5)n4)ccc3n2)CC1=O. The average molecular weight is 487 g/mol. The van der Waals surface area contributed by atoms with Gasteiger partial charge >= 0.3 is 0 Å². The van der Waals surface area contributed by atoms with Crippen LogP contribution in [0.1, 0.15) is 17.4 Å². The van der Waals surface area contributed by atoms with Crippen LogP contribution < -0.4 is 5.32 Å². The van der Waals surface area contributed by atoms with Crippen molar-refractivity contribution < 1.29 is 14.4 Å². The summed E-state index contributed by atoms with van der Waals surface area (Å²) in [7, 11) is 1.82. The van der Waals surface area contributed by atoms with Crippen molar-refractivity contribution in [3.8, 4) is 11.3 Å². The Bertz CT molecular complexity index is 1460. The van der Waals surface area contributed by atoms with Crippen LogP contribution in [0.5, 0.6) is 0 Å². The second-order valence-electron chi connectivity index (χ2n) is 8.65. The number of amides is 3. The van der Waals surface area contributed by atoms with E-state index in [1.54, 1.807) is 61.9 Å². The number of fused-ring (bicyclic) bond motifs is 1. The van der Waals surface area contributed by atoms with Gasteiger partial charge in [-0.05, 0) is 37.3 Å². The number of nitrogens with one attached hydrogen (secondary N) is 1. The number of hydrogen-bond acceptors (Lipinski definition) is 6. The molecule has 184 valence electrons. The normalized spacial score (nSPS) is 13.9. The van der Waals surface area contributed by atoms with E-state index >= 15 is 0 Å². The van der Waals surface area contributed by atoms with Gasteiger partial charge in [0.1, 0.15) is 12.2 Å². The van der Waals surface area contributed by atoms with E-state index in [1.807, 2.05) is 26.2 Å². The number of piperazine rings is 1. The molecule has 4 aromatic rings. The third kappa shape index (κ3) is 4.81. The number of nitrogens with zero attached hydrogens (tertiary/aromatic N) is 7. The molecule has 1 aliphatic heterocycles. The maximum Gasteiger partial charge on any atom is 0.274 e. The molecule has 11 nitrogen and oxygen atoms in total. The molecule has 1 aromatic carbocycles. The average Bonchev–Trinajstić information content (AvgIpc) is 3.49. The number of aromatic nitrogens is 5. The molecule has 0 aliphatic carbocycles. The van der Waals surface area contributed by atoms with E-state index in [-0.39, 0.29) is 36.5 Å². The highest BCUT2D eigenvalue weighted by atomic mass is 16.2. The molecule has 0 radical (unpaired) electrons. The van der Waals surface area contributed by atoms with Gasteiger partial charge in [-0.15, -0.1) is 0 Å². The molecule has 1 fully saturated rings. The van der Waals surface area contributed by atoms with Crippen LogP contribution in [0, 0.1) is 0 Å². The first kappa shape index (κ1) is 23.2. The van der Waals surface area contributed by atoms with Gasteiger partial charge in [-0.1, -0.05) is 6.07 Å². The molecule has 0 spiro atoms. The number of carbonyl (C=O) groups is 3. The summed E-state index contributed by atoms with van der Waals surface area (Å²) < 4.78 is 3.24. The van der Waals surface area contributed by atoms with Gasteiger partial charge < -0.3 is 15.1 Å². The smallest absolute Gasteiger partial charge is 0.274 e. The number of pyridine rings is 1. The van der Waals surface area contributed by atoms with Crippen molar-refractivity contribution in [3.05, 3.63) is 60.7 Å². The van der Waals surface area contributed by atoms with Gasteiger partial charge in [-0.3, -0.25) is 23.7 Å². The number of carbonyl (C=O) groups excluding carboxylic acids is 3. The standard InChI is InChI=1S/C25H26N8O3/c1-3-31-9-10-32(15-23(31)34)24(35)16-33-14-17-11-19(7-8-21(17)29-33)27-25(36)22-6-4-5-20(28-22)18-12-26-30(2)13-18/h4-8,11-14H,3,9-10,15-16H2,1-2H3,(H,27,36). The van der Waals surface area contributed by atoms with Gasteiger partial charge in [0.15, 0.2) is 0 Å². The fraction of sp³-hybridized carbons (Fsp3) is 0.280. The summed E-state index contributed by atoms with van der Waals surface area (Å²) in [5, 5.41) is 12.3. The molecule has 5 rings (SSSR count). The van der Waals surface area contributed by atoms with Crippen molar-refractivity contribution in [1.29, 1.82) is 0 Å². The molecule has 4 heterocycles. The zero-order valence-corrected chi connectivity index (χ0v) is 20.1. The number of hydrogen-bond donors (Lipinski definition) is 1. The van der Waals surface area contributed by atoms with Crippen LogP contribution in [-0.4, -0.2) is 78.2 Å². The molecule has 0 saturated carbocycles. The number of aryl methyl sites for hydroxylation is 1. The van der Waals surface area contributed by atoms with Crippen molar-refractivity contribution in [2.45, 2.75) is 13.5 Å². The van der Waals surface area contributed by atoms with Crippen molar-refractivity contribution >= 4 is 34.3 Å². The summed E-state index contributed by atoms with van der Waals surface area (Å²) in [5.41, 5.74) is 3.06. The largest absolute Gasteiger partial charge is 0.340 e. The molecule has 3 amide bonds. The number of rotatable bonds is 6. The molecular weight excluding hydrogens is 460 g/mol. The molecule has 11 heteroatoms. The third-order valence-electron chi connectivity index (χ3n) is 6.14. The zero-order chi connectivity index (χ0) is 25.2. The molecule has 1 N–H and O–H groups in total. The van der Waals surface area contributed by atoms with Gasteiger partial charge in [0, 0.05) is 55.7 Å². The molecule has 0 bridgehead atoms. The van der Waals surface area contributed by atoms with E-state index in [9.17, 15) is 14.4 Å². The van der Waals surface area contributed by atoms with E-state index in [0.29, 0.717) is 36.5 Å². The predicted molar refractivity (Wildman–Crippen MR) is 133 cm³/mol. The van der Waals surface area contributed by atoms with Crippen LogP contribution in [0.3, 0.4) is 0 Å².